The van der Waals surface area contributed by atoms with Crippen molar-refractivity contribution in [3.63, 3.8) is 0 Å². The summed E-state index contributed by atoms with van der Waals surface area (Å²) in [6.45, 7) is 1.70. The molecule has 3 aromatic rings. The number of likely N-dealkylation sites (tertiary alicyclic amines) is 1. The Balaban J connectivity index is 1.65. The standard InChI is InChI=1S/C23H24N4O/c28-22(26-15-6-1-2-7-16-26)13-12-20-18-27(21-10-4-3-5-11-21)25-23(20)19-9-8-14-24-17-19/h3-5,8-14,17-18H,1-2,6-7,15-16H2. The van der Waals surface area contributed by atoms with E-state index in [1.807, 2.05) is 64.3 Å². The molecule has 0 N–H and O–H groups in total. The molecule has 1 aliphatic heterocycles. The Morgan fingerprint density at radius 3 is 2.46 bits per heavy atom. The minimum absolute atomic E-state index is 0.0755. The van der Waals surface area contributed by atoms with Crippen molar-refractivity contribution in [1.82, 2.24) is 19.7 Å². The van der Waals surface area contributed by atoms with Crippen molar-refractivity contribution < 1.29 is 4.79 Å². The summed E-state index contributed by atoms with van der Waals surface area (Å²) in [5.74, 6) is 0.0755. The molecule has 0 spiro atoms. The van der Waals surface area contributed by atoms with Gasteiger partial charge in [0.25, 0.3) is 0 Å². The Hall–Kier alpha value is -3.21. The van der Waals surface area contributed by atoms with Gasteiger partial charge >= 0.3 is 0 Å². The fourth-order valence-corrected chi connectivity index (χ4v) is 3.51. The predicted octanol–water partition coefficient (Wildman–Crippen LogP) is 4.35. The van der Waals surface area contributed by atoms with Gasteiger partial charge in [-0.15, -0.1) is 0 Å². The van der Waals surface area contributed by atoms with Gasteiger partial charge in [0.15, 0.2) is 0 Å². The van der Waals surface area contributed by atoms with E-state index in [9.17, 15) is 4.79 Å². The molecule has 3 heterocycles. The molecule has 1 fully saturated rings. The first-order chi connectivity index (χ1) is 13.8. The van der Waals surface area contributed by atoms with E-state index in [0.29, 0.717) is 0 Å². The number of benzene rings is 1. The molecule has 0 aliphatic carbocycles. The Morgan fingerprint density at radius 1 is 0.964 bits per heavy atom. The summed E-state index contributed by atoms with van der Waals surface area (Å²) in [6.07, 6.45) is 13.7. The molecule has 5 heteroatoms. The molecule has 0 radical (unpaired) electrons. The van der Waals surface area contributed by atoms with Crippen LogP contribution in [-0.4, -0.2) is 38.7 Å². The summed E-state index contributed by atoms with van der Waals surface area (Å²) in [6, 6.07) is 13.9. The van der Waals surface area contributed by atoms with Gasteiger partial charge in [-0.1, -0.05) is 31.0 Å². The zero-order chi connectivity index (χ0) is 19.2. The molecule has 1 aromatic carbocycles. The van der Waals surface area contributed by atoms with Crippen LogP contribution in [0, 0.1) is 0 Å². The van der Waals surface area contributed by atoms with Crippen molar-refractivity contribution in [3.8, 4) is 16.9 Å². The normalized spacial score (nSPS) is 14.9. The smallest absolute Gasteiger partial charge is 0.246 e. The van der Waals surface area contributed by atoms with Gasteiger partial charge in [-0.25, -0.2) is 4.68 Å². The molecule has 0 saturated carbocycles. The maximum absolute atomic E-state index is 12.6. The number of nitrogens with zero attached hydrogens (tertiary/aromatic N) is 4. The van der Waals surface area contributed by atoms with Crippen molar-refractivity contribution in [2.75, 3.05) is 13.1 Å². The second-order valence-electron chi connectivity index (χ2n) is 7.03. The van der Waals surface area contributed by atoms with Crippen LogP contribution in [0.15, 0.2) is 67.1 Å². The molecule has 0 unspecified atom stereocenters. The Morgan fingerprint density at radius 2 is 1.75 bits per heavy atom. The predicted molar refractivity (Wildman–Crippen MR) is 111 cm³/mol. The summed E-state index contributed by atoms with van der Waals surface area (Å²) in [5, 5.41) is 4.76. The topological polar surface area (TPSA) is 51.0 Å². The lowest BCUT2D eigenvalue weighted by Gasteiger charge is -2.17. The van der Waals surface area contributed by atoms with E-state index < -0.39 is 0 Å². The van der Waals surface area contributed by atoms with Gasteiger partial charge in [0.2, 0.25) is 5.91 Å². The molecule has 4 rings (SSSR count). The average molecular weight is 372 g/mol. The zero-order valence-electron chi connectivity index (χ0n) is 15.9. The Bertz CT molecular complexity index is 939. The van der Waals surface area contributed by atoms with Gasteiger partial charge in [0.1, 0.15) is 5.69 Å². The Kier molecular flexibility index (Phi) is 5.61. The van der Waals surface area contributed by atoms with Crippen LogP contribution in [0.3, 0.4) is 0 Å². The van der Waals surface area contributed by atoms with Crippen molar-refractivity contribution in [2.24, 2.45) is 0 Å². The quantitative estimate of drug-likeness (QED) is 0.640. The molecule has 1 saturated heterocycles. The fourth-order valence-electron chi connectivity index (χ4n) is 3.51. The zero-order valence-corrected chi connectivity index (χ0v) is 15.9. The number of amides is 1. The van der Waals surface area contributed by atoms with E-state index in [4.69, 9.17) is 5.10 Å². The molecular weight excluding hydrogens is 348 g/mol. The van der Waals surface area contributed by atoms with E-state index in [0.717, 1.165) is 48.4 Å². The van der Waals surface area contributed by atoms with Crippen molar-refractivity contribution in [1.29, 1.82) is 0 Å². The van der Waals surface area contributed by atoms with E-state index in [1.54, 1.807) is 18.5 Å². The van der Waals surface area contributed by atoms with Crippen molar-refractivity contribution in [3.05, 3.63) is 72.7 Å². The van der Waals surface area contributed by atoms with E-state index in [1.165, 1.54) is 12.8 Å². The van der Waals surface area contributed by atoms with E-state index >= 15 is 0 Å². The highest BCUT2D eigenvalue weighted by Gasteiger charge is 2.14. The van der Waals surface area contributed by atoms with Crippen LogP contribution in [0.4, 0.5) is 0 Å². The van der Waals surface area contributed by atoms with E-state index in [2.05, 4.69) is 4.98 Å². The lowest BCUT2D eigenvalue weighted by Crippen LogP contribution is -2.30. The second-order valence-corrected chi connectivity index (χ2v) is 7.03. The third kappa shape index (κ3) is 4.19. The van der Waals surface area contributed by atoms with Gasteiger partial charge in [-0.05, 0) is 43.2 Å². The van der Waals surface area contributed by atoms with Gasteiger partial charge in [-0.3, -0.25) is 9.78 Å². The molecule has 0 bridgehead atoms. The monoisotopic (exact) mass is 372 g/mol. The summed E-state index contributed by atoms with van der Waals surface area (Å²) in [4.78, 5) is 18.8. The number of para-hydroxylation sites is 1. The average Bonchev–Trinajstić information content (AvgIpc) is 2.99. The molecule has 0 atom stereocenters. The molecule has 28 heavy (non-hydrogen) atoms. The van der Waals surface area contributed by atoms with Crippen molar-refractivity contribution in [2.45, 2.75) is 25.7 Å². The lowest BCUT2D eigenvalue weighted by molar-refractivity contribution is -0.125. The number of carbonyl (C=O) groups is 1. The van der Waals surface area contributed by atoms with Crippen LogP contribution >= 0.6 is 0 Å². The van der Waals surface area contributed by atoms with Crippen LogP contribution in [0.5, 0.6) is 0 Å². The van der Waals surface area contributed by atoms with Gasteiger partial charge in [0.05, 0.1) is 5.69 Å². The van der Waals surface area contributed by atoms with Crippen LogP contribution in [0.2, 0.25) is 0 Å². The third-order valence-electron chi connectivity index (χ3n) is 5.02. The summed E-state index contributed by atoms with van der Waals surface area (Å²) in [5.41, 5.74) is 3.63. The first kappa shape index (κ1) is 18.2. The molecule has 2 aromatic heterocycles. The van der Waals surface area contributed by atoms with Gasteiger partial charge in [-0.2, -0.15) is 5.10 Å². The van der Waals surface area contributed by atoms with Crippen LogP contribution in [0.25, 0.3) is 23.0 Å². The number of pyridine rings is 1. The summed E-state index contributed by atoms with van der Waals surface area (Å²) in [7, 11) is 0. The van der Waals surface area contributed by atoms with Crippen LogP contribution in [-0.2, 0) is 4.79 Å². The first-order valence-corrected chi connectivity index (χ1v) is 9.84. The number of hydrogen-bond acceptors (Lipinski definition) is 3. The van der Waals surface area contributed by atoms with Crippen LogP contribution in [0.1, 0.15) is 31.2 Å². The van der Waals surface area contributed by atoms with Crippen molar-refractivity contribution >= 4 is 12.0 Å². The van der Waals surface area contributed by atoms with Crippen LogP contribution < -0.4 is 0 Å². The summed E-state index contributed by atoms with van der Waals surface area (Å²) >= 11 is 0. The minimum atomic E-state index is 0.0755. The Labute approximate surface area is 165 Å². The highest BCUT2D eigenvalue weighted by Crippen LogP contribution is 2.24. The van der Waals surface area contributed by atoms with Gasteiger partial charge < -0.3 is 4.90 Å². The SMILES string of the molecule is O=C(C=Cc1cn(-c2ccccc2)nc1-c1cccnc1)N1CCCCCC1. The molecule has 1 aliphatic rings. The summed E-state index contributed by atoms with van der Waals surface area (Å²) < 4.78 is 1.85. The number of hydrogen-bond donors (Lipinski definition) is 0. The molecule has 1 amide bonds. The fraction of sp³-hybridized carbons (Fsp3) is 0.261. The second kappa shape index (κ2) is 8.65. The number of carbonyl (C=O) groups excluding carboxylic acids is 1. The minimum Gasteiger partial charge on any atom is -0.339 e. The maximum atomic E-state index is 12.6. The lowest BCUT2D eigenvalue weighted by atomic mass is 10.1. The van der Waals surface area contributed by atoms with E-state index in [-0.39, 0.29) is 5.91 Å². The highest BCUT2D eigenvalue weighted by molar-refractivity contribution is 5.92. The van der Waals surface area contributed by atoms with Gasteiger partial charge in [0, 0.05) is 48.9 Å². The molecular formula is C23H24N4O. The largest absolute Gasteiger partial charge is 0.339 e. The number of aromatic nitrogens is 3. The molecule has 142 valence electrons. The maximum Gasteiger partial charge on any atom is 0.246 e. The number of rotatable bonds is 4. The third-order valence-corrected chi connectivity index (χ3v) is 5.02. The first-order valence-electron chi connectivity index (χ1n) is 9.84. The molecule has 5 nitrogen and oxygen atoms in total. The highest BCUT2D eigenvalue weighted by atomic mass is 16.2.